The summed E-state index contributed by atoms with van der Waals surface area (Å²) in [6, 6.07) is 18.2. The monoisotopic (exact) mass is 605 g/mol. The van der Waals surface area contributed by atoms with Crippen molar-refractivity contribution in [3.05, 3.63) is 88.4 Å². The van der Waals surface area contributed by atoms with Gasteiger partial charge in [-0.1, -0.05) is 60.8 Å². The molecule has 0 aliphatic carbocycles. The molecule has 1 atom stereocenters. The number of nitrogens with one attached hydrogen (secondary N) is 1. The van der Waals surface area contributed by atoms with Crippen molar-refractivity contribution in [3.63, 3.8) is 0 Å². The standard InChI is InChI=1S/C29H33Cl2N3O5S/c1-4-5-18-32-29(36)21(2)33(19-25-26(30)12-9-13-27(25)31)28(35)20-34(22-10-7-6-8-11-22)40(37,38)24-16-14-23(39-3)15-17-24/h6-17,21H,4-5,18-20H2,1-3H3,(H,32,36). The van der Waals surface area contributed by atoms with Gasteiger partial charge in [0.1, 0.15) is 18.3 Å². The van der Waals surface area contributed by atoms with Crippen molar-refractivity contribution in [3.8, 4) is 5.75 Å². The lowest BCUT2D eigenvalue weighted by atomic mass is 10.1. The number of hydrogen-bond donors (Lipinski definition) is 1. The van der Waals surface area contributed by atoms with Crippen LogP contribution in [-0.2, 0) is 26.2 Å². The van der Waals surface area contributed by atoms with Crippen molar-refractivity contribution >= 4 is 50.7 Å². The number of para-hydroxylation sites is 1. The molecule has 0 fully saturated rings. The average molecular weight is 607 g/mol. The molecular weight excluding hydrogens is 573 g/mol. The van der Waals surface area contributed by atoms with Crippen molar-refractivity contribution in [2.45, 2.75) is 44.2 Å². The third-order valence-electron chi connectivity index (χ3n) is 6.36. The van der Waals surface area contributed by atoms with Gasteiger partial charge in [0.25, 0.3) is 10.0 Å². The number of rotatable bonds is 13. The van der Waals surface area contributed by atoms with Gasteiger partial charge in [0.2, 0.25) is 11.8 Å². The molecule has 0 aromatic heterocycles. The fourth-order valence-electron chi connectivity index (χ4n) is 3.97. The molecule has 11 heteroatoms. The van der Waals surface area contributed by atoms with E-state index in [-0.39, 0.29) is 17.3 Å². The van der Waals surface area contributed by atoms with E-state index < -0.39 is 28.5 Å². The second kappa shape index (κ2) is 14.4. The highest BCUT2D eigenvalue weighted by atomic mass is 35.5. The molecule has 0 saturated carbocycles. The van der Waals surface area contributed by atoms with Crippen LogP contribution in [0.1, 0.15) is 32.3 Å². The number of methoxy groups -OCH3 is 1. The molecular formula is C29H33Cl2N3O5S. The first-order chi connectivity index (χ1) is 19.1. The fraction of sp³-hybridized carbons (Fsp3) is 0.310. The number of carbonyl (C=O) groups is 2. The van der Waals surface area contributed by atoms with E-state index in [0.717, 1.165) is 17.1 Å². The Bertz CT molecular complexity index is 1380. The Morgan fingerprint density at radius 2 is 1.57 bits per heavy atom. The molecule has 0 aliphatic heterocycles. The number of nitrogens with zero attached hydrogens (tertiary/aromatic N) is 2. The van der Waals surface area contributed by atoms with Crippen molar-refractivity contribution in [1.82, 2.24) is 10.2 Å². The summed E-state index contributed by atoms with van der Waals surface area (Å²) in [6.07, 6.45) is 1.67. The maximum atomic E-state index is 13.9. The highest BCUT2D eigenvalue weighted by Crippen LogP contribution is 2.28. The van der Waals surface area contributed by atoms with Gasteiger partial charge >= 0.3 is 0 Å². The summed E-state index contributed by atoms with van der Waals surface area (Å²) in [5, 5.41) is 3.50. The van der Waals surface area contributed by atoms with Crippen LogP contribution < -0.4 is 14.4 Å². The average Bonchev–Trinajstić information content (AvgIpc) is 2.95. The Kier molecular flexibility index (Phi) is 11.2. The lowest BCUT2D eigenvalue weighted by Crippen LogP contribution is -2.51. The van der Waals surface area contributed by atoms with Crippen LogP contribution in [-0.4, -0.2) is 51.4 Å². The number of benzene rings is 3. The Balaban J connectivity index is 2.01. The summed E-state index contributed by atoms with van der Waals surface area (Å²) in [5.41, 5.74) is 0.749. The van der Waals surface area contributed by atoms with E-state index in [0.29, 0.717) is 33.6 Å². The molecule has 0 radical (unpaired) electrons. The maximum Gasteiger partial charge on any atom is 0.264 e. The summed E-state index contributed by atoms with van der Waals surface area (Å²) in [4.78, 5) is 28.3. The Morgan fingerprint density at radius 3 is 2.15 bits per heavy atom. The molecule has 3 rings (SSSR count). The second-order valence-electron chi connectivity index (χ2n) is 9.07. The molecule has 2 amide bonds. The third kappa shape index (κ3) is 7.68. The van der Waals surface area contributed by atoms with Gasteiger partial charge in [0, 0.05) is 28.7 Å². The van der Waals surface area contributed by atoms with Crippen LogP contribution in [0.15, 0.2) is 77.7 Å². The van der Waals surface area contributed by atoms with Crippen molar-refractivity contribution in [2.75, 3.05) is 24.5 Å². The summed E-state index contributed by atoms with van der Waals surface area (Å²) in [6.45, 7) is 3.40. The van der Waals surface area contributed by atoms with Crippen LogP contribution in [0.2, 0.25) is 10.0 Å². The molecule has 0 aliphatic rings. The second-order valence-corrected chi connectivity index (χ2v) is 11.7. The van der Waals surface area contributed by atoms with Gasteiger partial charge in [-0.3, -0.25) is 13.9 Å². The van der Waals surface area contributed by atoms with Crippen LogP contribution >= 0.6 is 23.2 Å². The van der Waals surface area contributed by atoms with E-state index in [4.69, 9.17) is 27.9 Å². The number of anilines is 1. The Hall–Kier alpha value is -3.27. The minimum absolute atomic E-state index is 0.0176. The molecule has 214 valence electrons. The molecule has 0 saturated heterocycles. The minimum Gasteiger partial charge on any atom is -0.497 e. The number of halogens is 2. The third-order valence-corrected chi connectivity index (χ3v) is 8.85. The van der Waals surface area contributed by atoms with E-state index in [9.17, 15) is 18.0 Å². The first-order valence-electron chi connectivity index (χ1n) is 12.8. The zero-order valence-electron chi connectivity index (χ0n) is 22.6. The molecule has 0 heterocycles. The number of hydrogen-bond acceptors (Lipinski definition) is 5. The van der Waals surface area contributed by atoms with Crippen LogP contribution in [0, 0.1) is 0 Å². The lowest BCUT2D eigenvalue weighted by Gasteiger charge is -2.32. The lowest BCUT2D eigenvalue weighted by molar-refractivity contribution is -0.139. The van der Waals surface area contributed by atoms with Gasteiger partial charge in [-0.2, -0.15) is 0 Å². The number of carbonyl (C=O) groups excluding carboxylic acids is 2. The molecule has 0 spiro atoms. The Labute approximate surface area is 245 Å². The highest BCUT2D eigenvalue weighted by Gasteiger charge is 2.33. The smallest absolute Gasteiger partial charge is 0.264 e. The topological polar surface area (TPSA) is 96.0 Å². The highest BCUT2D eigenvalue weighted by molar-refractivity contribution is 7.92. The number of ether oxygens (including phenoxy) is 1. The van der Waals surface area contributed by atoms with E-state index >= 15 is 0 Å². The molecule has 0 bridgehead atoms. The Morgan fingerprint density at radius 1 is 0.950 bits per heavy atom. The van der Waals surface area contributed by atoms with Crippen molar-refractivity contribution in [1.29, 1.82) is 0 Å². The van der Waals surface area contributed by atoms with Gasteiger partial charge < -0.3 is 15.0 Å². The minimum atomic E-state index is -4.18. The quantitative estimate of drug-likeness (QED) is 0.258. The van der Waals surface area contributed by atoms with Gasteiger partial charge in [0.05, 0.1) is 17.7 Å². The number of unbranched alkanes of at least 4 members (excludes halogenated alkanes) is 1. The predicted octanol–water partition coefficient (Wildman–Crippen LogP) is 5.53. The van der Waals surface area contributed by atoms with E-state index in [1.165, 1.54) is 36.3 Å². The van der Waals surface area contributed by atoms with Crippen LogP contribution in [0.5, 0.6) is 5.75 Å². The predicted molar refractivity (Wildman–Crippen MR) is 158 cm³/mol. The summed E-state index contributed by atoms with van der Waals surface area (Å²) in [5.74, 6) is -0.476. The molecule has 1 unspecified atom stereocenters. The van der Waals surface area contributed by atoms with E-state index in [1.807, 2.05) is 6.92 Å². The molecule has 8 nitrogen and oxygen atoms in total. The molecule has 3 aromatic carbocycles. The van der Waals surface area contributed by atoms with E-state index in [2.05, 4.69) is 5.32 Å². The summed E-state index contributed by atoms with van der Waals surface area (Å²) < 4.78 is 33.8. The summed E-state index contributed by atoms with van der Waals surface area (Å²) >= 11 is 12.8. The summed E-state index contributed by atoms with van der Waals surface area (Å²) in [7, 11) is -2.70. The normalized spacial score (nSPS) is 11.9. The number of sulfonamides is 1. The first kappa shape index (κ1) is 31.3. The van der Waals surface area contributed by atoms with Gasteiger partial charge in [-0.25, -0.2) is 8.42 Å². The van der Waals surface area contributed by atoms with Crippen LogP contribution in [0.3, 0.4) is 0 Å². The van der Waals surface area contributed by atoms with Crippen molar-refractivity contribution < 1.29 is 22.7 Å². The first-order valence-corrected chi connectivity index (χ1v) is 15.0. The zero-order valence-corrected chi connectivity index (χ0v) is 25.0. The van der Waals surface area contributed by atoms with Crippen molar-refractivity contribution in [2.24, 2.45) is 0 Å². The van der Waals surface area contributed by atoms with Crippen LogP contribution in [0.25, 0.3) is 0 Å². The fourth-order valence-corrected chi connectivity index (χ4v) is 5.90. The SMILES string of the molecule is CCCCNC(=O)C(C)N(Cc1c(Cl)cccc1Cl)C(=O)CN(c1ccccc1)S(=O)(=O)c1ccc(OC)cc1. The van der Waals surface area contributed by atoms with Gasteiger partial charge in [-0.05, 0) is 61.9 Å². The maximum absolute atomic E-state index is 13.9. The van der Waals surface area contributed by atoms with Gasteiger partial charge in [0.15, 0.2) is 0 Å². The molecule has 40 heavy (non-hydrogen) atoms. The molecule has 1 N–H and O–H groups in total. The zero-order chi connectivity index (χ0) is 29.3. The van der Waals surface area contributed by atoms with Crippen LogP contribution in [0.4, 0.5) is 5.69 Å². The van der Waals surface area contributed by atoms with Gasteiger partial charge in [-0.15, -0.1) is 0 Å². The van der Waals surface area contributed by atoms with E-state index in [1.54, 1.807) is 55.5 Å². The number of amides is 2. The largest absolute Gasteiger partial charge is 0.497 e. The molecule has 3 aromatic rings.